The Morgan fingerprint density at radius 2 is 1.52 bits per heavy atom. The molecule has 1 N–H and O–H groups in total. The molecule has 0 aliphatic heterocycles. The summed E-state index contributed by atoms with van der Waals surface area (Å²) in [5.74, 6) is 0.591. The average Bonchev–Trinajstić information content (AvgIpc) is 2.71. The van der Waals surface area contributed by atoms with Crippen LogP contribution in [0.1, 0.15) is 17.2 Å². The molecular weight excluding hydrogens is 378 g/mol. The highest BCUT2D eigenvalue weighted by Gasteiger charge is 2.28. The summed E-state index contributed by atoms with van der Waals surface area (Å²) in [6, 6.07) is 26.0. The van der Waals surface area contributed by atoms with Crippen LogP contribution < -0.4 is 9.80 Å². The van der Waals surface area contributed by atoms with E-state index in [1.165, 1.54) is 5.56 Å². The Hall–Kier alpha value is -2.76. The second-order valence-corrected chi connectivity index (χ2v) is 12.4. The Bertz CT molecular complexity index is 910. The first kappa shape index (κ1) is 21.0. The van der Waals surface area contributed by atoms with Crippen molar-refractivity contribution in [2.75, 3.05) is 12.2 Å². The molecule has 29 heavy (non-hydrogen) atoms. The van der Waals surface area contributed by atoms with Crippen molar-refractivity contribution < 1.29 is 14.4 Å². The normalized spacial score (nSPS) is 12.4. The number of nitrogens with zero attached hydrogens (tertiary/aromatic N) is 1. The monoisotopic (exact) mass is 407 g/mol. The van der Waals surface area contributed by atoms with Crippen molar-refractivity contribution in [3.8, 4) is 11.5 Å². The minimum Gasteiger partial charge on any atom is -0.504 e. The van der Waals surface area contributed by atoms with Crippen LogP contribution in [-0.2, 0) is 10.9 Å². The lowest BCUT2D eigenvalue weighted by atomic mass is 9.97. The molecule has 0 bridgehead atoms. The molecule has 0 aliphatic carbocycles. The molecule has 0 saturated heterocycles. The second-order valence-electron chi connectivity index (χ2n) is 8.00. The summed E-state index contributed by atoms with van der Waals surface area (Å²) in [6.45, 7) is 6.52. The summed E-state index contributed by atoms with van der Waals surface area (Å²) in [5, 5.41) is 12.4. The Morgan fingerprint density at radius 1 is 0.897 bits per heavy atom. The zero-order chi connectivity index (χ0) is 20.9. The molecule has 0 aromatic heterocycles. The lowest BCUT2D eigenvalue weighted by Crippen LogP contribution is -2.40. The summed E-state index contributed by atoms with van der Waals surface area (Å²) in [5.41, 5.74) is 3.16. The molecule has 5 heteroatoms. The Morgan fingerprint density at radius 3 is 2.07 bits per heavy atom. The molecule has 152 valence electrons. The average molecular weight is 408 g/mol. The van der Waals surface area contributed by atoms with E-state index in [9.17, 15) is 5.11 Å². The van der Waals surface area contributed by atoms with Gasteiger partial charge in [0.25, 0.3) is 0 Å². The number of para-hydroxylation sites is 1. The summed E-state index contributed by atoms with van der Waals surface area (Å²) in [6.07, 6.45) is 0.742. The molecule has 1 unspecified atom stereocenters. The highest BCUT2D eigenvalue weighted by atomic mass is 28.4. The number of rotatable bonds is 8. The fourth-order valence-corrected chi connectivity index (χ4v) is 4.08. The molecule has 0 radical (unpaired) electrons. The van der Waals surface area contributed by atoms with Crippen LogP contribution in [0.3, 0.4) is 0 Å². The number of anilines is 1. The van der Waals surface area contributed by atoms with E-state index >= 15 is 0 Å². The third-order valence-corrected chi connectivity index (χ3v) is 5.27. The highest BCUT2D eigenvalue weighted by molar-refractivity contribution is 6.69. The van der Waals surface area contributed by atoms with Gasteiger partial charge in [0.05, 0.1) is 18.8 Å². The molecule has 1 atom stereocenters. The van der Waals surface area contributed by atoms with E-state index in [0.717, 1.165) is 17.7 Å². The van der Waals surface area contributed by atoms with E-state index < -0.39 is 8.32 Å². The molecular formula is C24H29NO3Si. The number of hydroxylamine groups is 1. The van der Waals surface area contributed by atoms with E-state index in [1.54, 1.807) is 19.2 Å². The van der Waals surface area contributed by atoms with Crippen LogP contribution in [0.2, 0.25) is 19.6 Å². The minimum atomic E-state index is -1.91. The van der Waals surface area contributed by atoms with Crippen LogP contribution in [0.25, 0.3) is 0 Å². The van der Waals surface area contributed by atoms with Gasteiger partial charge in [0, 0.05) is 0 Å². The van der Waals surface area contributed by atoms with Gasteiger partial charge in [-0.3, -0.25) is 5.06 Å². The first-order chi connectivity index (χ1) is 13.9. The predicted octanol–water partition coefficient (Wildman–Crippen LogP) is 5.96. The van der Waals surface area contributed by atoms with Gasteiger partial charge in [0.15, 0.2) is 11.5 Å². The summed E-state index contributed by atoms with van der Waals surface area (Å²) in [4.78, 5) is 0. The highest BCUT2D eigenvalue weighted by Crippen LogP contribution is 2.36. The third-order valence-electron chi connectivity index (χ3n) is 4.53. The zero-order valence-electron chi connectivity index (χ0n) is 17.5. The van der Waals surface area contributed by atoms with Crippen molar-refractivity contribution in [3.63, 3.8) is 0 Å². The lowest BCUT2D eigenvalue weighted by molar-refractivity contribution is 0.232. The van der Waals surface area contributed by atoms with Gasteiger partial charge in [-0.2, -0.15) is 0 Å². The van der Waals surface area contributed by atoms with E-state index in [-0.39, 0.29) is 11.8 Å². The Balaban J connectivity index is 2.08. The van der Waals surface area contributed by atoms with Crippen molar-refractivity contribution in [2.45, 2.75) is 32.1 Å². The van der Waals surface area contributed by atoms with E-state index in [4.69, 9.17) is 9.26 Å². The van der Waals surface area contributed by atoms with Gasteiger partial charge in [0.1, 0.15) is 0 Å². The first-order valence-electron chi connectivity index (χ1n) is 9.81. The quantitative estimate of drug-likeness (QED) is 0.370. The molecule has 3 rings (SSSR count). The molecule has 0 saturated carbocycles. The van der Waals surface area contributed by atoms with Gasteiger partial charge in [0.2, 0.25) is 8.32 Å². The Labute approximate surface area is 174 Å². The second kappa shape index (κ2) is 9.16. The minimum absolute atomic E-state index is 0.108. The predicted molar refractivity (Wildman–Crippen MR) is 121 cm³/mol. The Kier molecular flexibility index (Phi) is 6.62. The maximum absolute atomic E-state index is 10.4. The fourth-order valence-electron chi connectivity index (χ4n) is 3.25. The third kappa shape index (κ3) is 5.62. The van der Waals surface area contributed by atoms with Gasteiger partial charge in [-0.1, -0.05) is 54.6 Å². The molecule has 0 heterocycles. The summed E-state index contributed by atoms with van der Waals surface area (Å²) < 4.78 is 11.8. The van der Waals surface area contributed by atoms with Crippen molar-refractivity contribution >= 4 is 14.0 Å². The number of phenolic OH excluding ortho intramolecular Hbond substituents is 1. The van der Waals surface area contributed by atoms with Crippen LogP contribution in [-0.4, -0.2) is 20.5 Å². The smallest absolute Gasteiger partial charge is 0.220 e. The maximum atomic E-state index is 10.4. The molecule has 0 spiro atoms. The van der Waals surface area contributed by atoms with Gasteiger partial charge in [-0.15, -0.1) is 0 Å². The van der Waals surface area contributed by atoms with Gasteiger partial charge >= 0.3 is 0 Å². The van der Waals surface area contributed by atoms with Crippen LogP contribution in [0, 0.1) is 0 Å². The van der Waals surface area contributed by atoms with Crippen LogP contribution >= 0.6 is 0 Å². The van der Waals surface area contributed by atoms with Crippen molar-refractivity contribution in [1.82, 2.24) is 0 Å². The van der Waals surface area contributed by atoms with Crippen molar-refractivity contribution in [3.05, 3.63) is 90.0 Å². The zero-order valence-corrected chi connectivity index (χ0v) is 18.5. The van der Waals surface area contributed by atoms with Crippen molar-refractivity contribution in [1.29, 1.82) is 0 Å². The van der Waals surface area contributed by atoms with Gasteiger partial charge in [-0.05, 0) is 61.5 Å². The molecule has 0 fully saturated rings. The SMILES string of the molecule is COc1ccc(C(Cc2ccccc2)N(O[Si](C)(C)C)c2ccccc2)cc1O. The largest absolute Gasteiger partial charge is 0.504 e. The number of phenols is 1. The van der Waals surface area contributed by atoms with E-state index in [1.807, 2.05) is 47.5 Å². The van der Waals surface area contributed by atoms with Gasteiger partial charge in [-0.25, -0.2) is 0 Å². The molecule has 0 aliphatic rings. The molecule has 3 aromatic rings. The number of benzene rings is 3. The number of methoxy groups -OCH3 is 1. The first-order valence-corrected chi connectivity index (χ1v) is 13.2. The van der Waals surface area contributed by atoms with Gasteiger partial charge < -0.3 is 14.4 Å². The molecule has 3 aromatic carbocycles. The number of hydrogen-bond acceptors (Lipinski definition) is 4. The van der Waals surface area contributed by atoms with E-state index in [2.05, 4.69) is 43.9 Å². The van der Waals surface area contributed by atoms with E-state index in [0.29, 0.717) is 5.75 Å². The molecule has 4 nitrogen and oxygen atoms in total. The van der Waals surface area contributed by atoms with Crippen LogP contribution in [0.5, 0.6) is 11.5 Å². The summed E-state index contributed by atoms with van der Waals surface area (Å²) in [7, 11) is -0.352. The fraction of sp³-hybridized carbons (Fsp3) is 0.250. The van der Waals surface area contributed by atoms with Crippen molar-refractivity contribution in [2.24, 2.45) is 0 Å². The number of hydrogen-bond donors (Lipinski definition) is 1. The van der Waals surface area contributed by atoms with Crippen LogP contribution in [0.15, 0.2) is 78.9 Å². The standard InChI is InChI=1S/C24H29NO3Si/c1-27-24-16-15-20(18-23(24)26)22(17-19-11-7-5-8-12-19)25(28-29(2,3)4)21-13-9-6-10-14-21/h5-16,18,22,26H,17H2,1-4H3. The number of ether oxygens (including phenoxy) is 1. The maximum Gasteiger partial charge on any atom is 0.220 e. The summed E-state index contributed by atoms with van der Waals surface area (Å²) >= 11 is 0. The lowest BCUT2D eigenvalue weighted by Gasteiger charge is -2.37. The molecule has 0 amide bonds. The number of aromatic hydroxyl groups is 1. The van der Waals surface area contributed by atoms with Crippen LogP contribution in [0.4, 0.5) is 5.69 Å². The topological polar surface area (TPSA) is 41.9 Å².